The third-order valence-electron chi connectivity index (χ3n) is 11.1. The van der Waals surface area contributed by atoms with Gasteiger partial charge < -0.3 is 9.13 Å². The van der Waals surface area contributed by atoms with E-state index in [9.17, 15) is 0 Å². The topological polar surface area (TPSA) is 9.86 Å². The molecule has 2 nitrogen and oxygen atoms in total. The zero-order chi connectivity index (χ0) is 33.9. The van der Waals surface area contributed by atoms with Gasteiger partial charge in [0.05, 0.1) is 16.6 Å². The molecule has 2 heterocycles. The summed E-state index contributed by atoms with van der Waals surface area (Å²) in [5, 5.41) is 3.91. The van der Waals surface area contributed by atoms with Crippen LogP contribution in [0.4, 0.5) is 0 Å². The maximum Gasteiger partial charge on any atom is 0.0547 e. The fourth-order valence-electron chi connectivity index (χ4n) is 8.65. The van der Waals surface area contributed by atoms with Gasteiger partial charge in [0.1, 0.15) is 0 Å². The molecular weight excluding hydrogens is 617 g/mol. The van der Waals surface area contributed by atoms with Crippen molar-refractivity contribution in [1.29, 1.82) is 0 Å². The van der Waals surface area contributed by atoms with Crippen molar-refractivity contribution in [3.8, 4) is 22.5 Å². The van der Waals surface area contributed by atoms with Gasteiger partial charge >= 0.3 is 0 Å². The van der Waals surface area contributed by atoms with Gasteiger partial charge in [-0.2, -0.15) is 0 Å². The van der Waals surface area contributed by atoms with Gasteiger partial charge in [-0.3, -0.25) is 0 Å². The van der Waals surface area contributed by atoms with Crippen molar-refractivity contribution < 1.29 is 0 Å². The summed E-state index contributed by atoms with van der Waals surface area (Å²) in [6, 6.07) is 53.7. The van der Waals surface area contributed by atoms with Crippen LogP contribution in [0.5, 0.6) is 0 Å². The van der Waals surface area contributed by atoms with Crippen molar-refractivity contribution >= 4 is 49.9 Å². The Morgan fingerprint density at radius 1 is 0.510 bits per heavy atom. The SMILES string of the molecule is CC1CC(c2cccc(-n3c4ccccc4c4ccc(-c5cccc(-n6c7c(c8ccccc86)CCC=C7)c5)cc43)c2)=CC=C1c1ccccc1. The highest BCUT2D eigenvalue weighted by Crippen LogP contribution is 2.40. The van der Waals surface area contributed by atoms with Crippen LogP contribution in [0.1, 0.15) is 42.1 Å². The molecule has 2 aromatic heterocycles. The number of benzene rings is 6. The molecular formula is C49H38N2. The lowest BCUT2D eigenvalue weighted by molar-refractivity contribution is 0.771. The second kappa shape index (κ2) is 12.0. The molecule has 2 aliphatic rings. The highest BCUT2D eigenvalue weighted by atomic mass is 15.0. The summed E-state index contributed by atoms with van der Waals surface area (Å²) >= 11 is 0. The van der Waals surface area contributed by atoms with Crippen LogP contribution in [0.15, 0.2) is 164 Å². The first kappa shape index (κ1) is 29.8. The molecule has 2 aliphatic carbocycles. The zero-order valence-corrected chi connectivity index (χ0v) is 28.8. The highest BCUT2D eigenvalue weighted by Gasteiger charge is 2.21. The van der Waals surface area contributed by atoms with E-state index in [4.69, 9.17) is 0 Å². The smallest absolute Gasteiger partial charge is 0.0547 e. The average Bonchev–Trinajstić information content (AvgIpc) is 3.71. The van der Waals surface area contributed by atoms with E-state index in [2.05, 4.69) is 186 Å². The van der Waals surface area contributed by atoms with Crippen LogP contribution in [0.3, 0.4) is 0 Å². The minimum Gasteiger partial charge on any atom is -0.310 e. The van der Waals surface area contributed by atoms with E-state index in [-0.39, 0.29) is 0 Å². The molecule has 0 saturated heterocycles. The fourth-order valence-corrected chi connectivity index (χ4v) is 8.65. The predicted octanol–water partition coefficient (Wildman–Crippen LogP) is 12.9. The lowest BCUT2D eigenvalue weighted by atomic mass is 9.82. The van der Waals surface area contributed by atoms with Crippen LogP contribution in [0.25, 0.3) is 72.4 Å². The minimum atomic E-state index is 0.452. The Morgan fingerprint density at radius 3 is 1.98 bits per heavy atom. The number of rotatable bonds is 5. The number of nitrogens with zero attached hydrogens (tertiary/aromatic N) is 2. The summed E-state index contributed by atoms with van der Waals surface area (Å²) in [5.41, 5.74) is 16.7. The molecule has 10 rings (SSSR count). The van der Waals surface area contributed by atoms with Crippen molar-refractivity contribution in [3.63, 3.8) is 0 Å². The van der Waals surface area contributed by atoms with Gasteiger partial charge in [0.15, 0.2) is 0 Å². The van der Waals surface area contributed by atoms with Gasteiger partial charge in [0.2, 0.25) is 0 Å². The number of fused-ring (bicyclic) bond motifs is 6. The Hall–Kier alpha value is -6.12. The maximum atomic E-state index is 2.46. The third-order valence-corrected chi connectivity index (χ3v) is 11.1. The third kappa shape index (κ3) is 4.94. The summed E-state index contributed by atoms with van der Waals surface area (Å²) in [6.07, 6.45) is 12.5. The van der Waals surface area contributed by atoms with Gasteiger partial charge in [0.25, 0.3) is 0 Å². The van der Waals surface area contributed by atoms with E-state index in [1.54, 1.807) is 0 Å². The van der Waals surface area contributed by atoms with Crippen LogP contribution in [0.2, 0.25) is 0 Å². The first-order valence-corrected chi connectivity index (χ1v) is 18.2. The van der Waals surface area contributed by atoms with Crippen LogP contribution in [-0.2, 0) is 6.42 Å². The molecule has 1 unspecified atom stereocenters. The van der Waals surface area contributed by atoms with E-state index in [0.717, 1.165) is 19.3 Å². The monoisotopic (exact) mass is 654 g/mol. The van der Waals surface area contributed by atoms with Crippen molar-refractivity contribution in [2.75, 3.05) is 0 Å². The molecule has 1 atom stereocenters. The number of allylic oxidation sites excluding steroid dienone is 5. The molecule has 6 aromatic carbocycles. The number of aromatic nitrogens is 2. The first-order chi connectivity index (χ1) is 25.2. The summed E-state index contributed by atoms with van der Waals surface area (Å²) in [5.74, 6) is 0.452. The Morgan fingerprint density at radius 2 is 1.16 bits per heavy atom. The molecule has 51 heavy (non-hydrogen) atoms. The van der Waals surface area contributed by atoms with E-state index < -0.39 is 0 Å². The second-order valence-corrected chi connectivity index (χ2v) is 14.1. The lowest BCUT2D eigenvalue weighted by Crippen LogP contribution is -2.05. The summed E-state index contributed by atoms with van der Waals surface area (Å²) in [6.45, 7) is 2.35. The molecule has 0 N–H and O–H groups in total. The fraction of sp³-hybridized carbons (Fsp3) is 0.102. The standard InChI is InChI=1S/C49H38N2/c1-33-29-37(25-27-41(33)34-13-3-2-4-14-34)35-15-11-18-40(30-35)51-48-24-10-7-21-44(48)45-28-26-38(32-49(45)51)36-16-12-17-39(31-36)50-46-22-8-5-19-42(46)43-20-6-9-23-47(43)50/h2-5,7-19,21-28,30-33H,6,20,29H2,1H3. The quantitative estimate of drug-likeness (QED) is 0.175. The van der Waals surface area contributed by atoms with Crippen molar-refractivity contribution in [2.45, 2.75) is 26.2 Å². The zero-order valence-electron chi connectivity index (χ0n) is 28.8. The molecule has 0 radical (unpaired) electrons. The molecule has 0 spiro atoms. The molecule has 0 bridgehead atoms. The average molecular weight is 655 g/mol. The van der Waals surface area contributed by atoms with Crippen LogP contribution in [0, 0.1) is 5.92 Å². The highest BCUT2D eigenvalue weighted by molar-refractivity contribution is 6.10. The number of hydrogen-bond donors (Lipinski definition) is 0. The van der Waals surface area contributed by atoms with Gasteiger partial charge in [-0.25, -0.2) is 0 Å². The van der Waals surface area contributed by atoms with E-state index in [1.807, 2.05) is 0 Å². The van der Waals surface area contributed by atoms with Gasteiger partial charge in [-0.1, -0.05) is 128 Å². The first-order valence-electron chi connectivity index (χ1n) is 18.2. The predicted molar refractivity (Wildman–Crippen MR) is 217 cm³/mol. The summed E-state index contributed by atoms with van der Waals surface area (Å²) in [7, 11) is 0. The molecule has 0 fully saturated rings. The van der Waals surface area contributed by atoms with E-state index in [0.29, 0.717) is 5.92 Å². The molecule has 2 heteroatoms. The number of aryl methyl sites for hydroxylation is 1. The molecule has 0 saturated carbocycles. The Kier molecular flexibility index (Phi) is 7.02. The normalized spacial score (nSPS) is 15.7. The molecule has 0 amide bonds. The van der Waals surface area contributed by atoms with Crippen LogP contribution >= 0.6 is 0 Å². The van der Waals surface area contributed by atoms with Crippen LogP contribution < -0.4 is 0 Å². The lowest BCUT2D eigenvalue weighted by Gasteiger charge is -2.23. The number of hydrogen-bond acceptors (Lipinski definition) is 0. The van der Waals surface area contributed by atoms with E-state index in [1.165, 1.54) is 88.7 Å². The van der Waals surface area contributed by atoms with E-state index >= 15 is 0 Å². The summed E-state index contributed by atoms with van der Waals surface area (Å²) < 4.78 is 4.91. The largest absolute Gasteiger partial charge is 0.310 e. The number of para-hydroxylation sites is 2. The summed E-state index contributed by atoms with van der Waals surface area (Å²) in [4.78, 5) is 0. The van der Waals surface area contributed by atoms with Crippen molar-refractivity contribution in [3.05, 3.63) is 186 Å². The second-order valence-electron chi connectivity index (χ2n) is 14.1. The molecule has 244 valence electrons. The molecule has 8 aromatic rings. The van der Waals surface area contributed by atoms with Crippen molar-refractivity contribution in [1.82, 2.24) is 9.13 Å². The minimum absolute atomic E-state index is 0.452. The van der Waals surface area contributed by atoms with Gasteiger partial charge in [-0.05, 0) is 113 Å². The Bertz CT molecular complexity index is 2730. The van der Waals surface area contributed by atoms with Crippen LogP contribution in [-0.4, -0.2) is 9.13 Å². The molecule has 0 aliphatic heterocycles. The van der Waals surface area contributed by atoms with Crippen molar-refractivity contribution in [2.24, 2.45) is 5.92 Å². The Labute approximate surface area is 298 Å². The van der Waals surface area contributed by atoms with Gasteiger partial charge in [-0.15, -0.1) is 0 Å². The Balaban J connectivity index is 1.09. The van der Waals surface area contributed by atoms with Gasteiger partial charge in [0, 0.05) is 33.2 Å². The maximum absolute atomic E-state index is 2.46.